The number of H-pyrrole nitrogens is 1. The number of primary amides is 1. The molecule has 3 N–H and O–H groups in total. The van der Waals surface area contributed by atoms with Crippen LogP contribution in [0, 0.1) is 0 Å². The first-order valence-corrected chi connectivity index (χ1v) is 3.69. The van der Waals surface area contributed by atoms with E-state index in [-0.39, 0.29) is 16.7 Å². The molecule has 0 radical (unpaired) electrons. The number of nitrogens with zero attached hydrogens (tertiary/aromatic N) is 4. The number of carbonyl (C=O) groups is 1. The zero-order valence-electron chi connectivity index (χ0n) is 7.18. The van der Waals surface area contributed by atoms with Gasteiger partial charge in [0.15, 0.2) is 16.7 Å². The first-order valence-electron chi connectivity index (χ1n) is 3.69. The maximum absolute atomic E-state index is 11.4. The number of aromatic nitrogens is 5. The summed E-state index contributed by atoms with van der Waals surface area (Å²) in [6.45, 7) is 0. The van der Waals surface area contributed by atoms with Crippen molar-refractivity contribution in [2.45, 2.75) is 0 Å². The van der Waals surface area contributed by atoms with Crippen LogP contribution < -0.4 is 11.3 Å². The molecule has 0 bridgehead atoms. The number of carbonyl (C=O) groups excluding carboxylic acids is 1. The highest BCUT2D eigenvalue weighted by molar-refractivity contribution is 6.01. The molecule has 0 saturated heterocycles. The van der Waals surface area contributed by atoms with Crippen molar-refractivity contribution in [3.8, 4) is 0 Å². The third-order valence-corrected chi connectivity index (χ3v) is 1.76. The van der Waals surface area contributed by atoms with Crippen molar-refractivity contribution in [1.29, 1.82) is 0 Å². The minimum absolute atomic E-state index is 0.0785. The number of aromatic amines is 1. The topological polar surface area (TPSA) is 120 Å². The Kier molecular flexibility index (Phi) is 1.56. The number of fused-ring (bicyclic) bond motifs is 1. The summed E-state index contributed by atoms with van der Waals surface area (Å²) in [5, 5.41) is 13.1. The Morgan fingerprint density at radius 2 is 2.29 bits per heavy atom. The van der Waals surface area contributed by atoms with Gasteiger partial charge in [-0.2, -0.15) is 5.10 Å². The number of nitrogens with one attached hydrogen (secondary N) is 1. The Morgan fingerprint density at radius 3 is 2.93 bits per heavy atom. The molecule has 0 aliphatic heterocycles. The second kappa shape index (κ2) is 2.62. The van der Waals surface area contributed by atoms with Crippen LogP contribution in [0.4, 0.5) is 0 Å². The van der Waals surface area contributed by atoms with Crippen LogP contribution in [0.25, 0.3) is 11.0 Å². The maximum Gasteiger partial charge on any atom is 0.295 e. The van der Waals surface area contributed by atoms with Gasteiger partial charge in [-0.15, -0.1) is 5.10 Å². The maximum atomic E-state index is 11.4. The molecule has 0 aliphatic rings. The van der Waals surface area contributed by atoms with Gasteiger partial charge >= 0.3 is 0 Å². The van der Waals surface area contributed by atoms with Gasteiger partial charge < -0.3 is 5.73 Å². The number of amides is 1. The van der Waals surface area contributed by atoms with Gasteiger partial charge in [0.05, 0.1) is 0 Å². The van der Waals surface area contributed by atoms with Crippen LogP contribution in [0.1, 0.15) is 10.5 Å². The van der Waals surface area contributed by atoms with Crippen molar-refractivity contribution in [1.82, 2.24) is 25.2 Å². The molecule has 2 aromatic rings. The number of aryl methyl sites for hydroxylation is 1. The number of rotatable bonds is 1. The molecule has 2 aromatic heterocycles. The summed E-state index contributed by atoms with van der Waals surface area (Å²) in [5.41, 5.74) is 4.75. The Morgan fingerprint density at radius 1 is 1.57 bits per heavy atom. The molecule has 0 aliphatic carbocycles. The minimum Gasteiger partial charge on any atom is -0.364 e. The zero-order valence-corrected chi connectivity index (χ0v) is 7.18. The van der Waals surface area contributed by atoms with Gasteiger partial charge in [-0.1, -0.05) is 5.21 Å². The van der Waals surface area contributed by atoms with Crippen molar-refractivity contribution in [3.63, 3.8) is 0 Å². The molecule has 1 amide bonds. The third kappa shape index (κ3) is 0.969. The van der Waals surface area contributed by atoms with E-state index in [1.807, 2.05) is 0 Å². The number of hydrogen-bond donors (Lipinski definition) is 2. The van der Waals surface area contributed by atoms with Crippen LogP contribution >= 0.6 is 0 Å². The fraction of sp³-hybridized carbons (Fsp3) is 0.167. The van der Waals surface area contributed by atoms with Gasteiger partial charge in [-0.05, 0) is 0 Å². The summed E-state index contributed by atoms with van der Waals surface area (Å²) < 4.78 is 1.03. The van der Waals surface area contributed by atoms with E-state index in [0.29, 0.717) is 0 Å². The van der Waals surface area contributed by atoms with Crippen molar-refractivity contribution >= 4 is 16.9 Å². The largest absolute Gasteiger partial charge is 0.364 e. The molecule has 8 heteroatoms. The highest BCUT2D eigenvalue weighted by Crippen LogP contribution is 2.05. The van der Waals surface area contributed by atoms with Gasteiger partial charge in [0, 0.05) is 7.05 Å². The smallest absolute Gasteiger partial charge is 0.295 e. The van der Waals surface area contributed by atoms with E-state index in [9.17, 15) is 9.59 Å². The lowest BCUT2D eigenvalue weighted by atomic mass is 10.3. The molecule has 8 nitrogen and oxygen atoms in total. The van der Waals surface area contributed by atoms with Crippen LogP contribution in [-0.2, 0) is 7.05 Å². The van der Waals surface area contributed by atoms with Crippen molar-refractivity contribution in [2.75, 3.05) is 0 Å². The van der Waals surface area contributed by atoms with Crippen molar-refractivity contribution in [3.05, 3.63) is 16.0 Å². The van der Waals surface area contributed by atoms with E-state index >= 15 is 0 Å². The van der Waals surface area contributed by atoms with Gasteiger partial charge in [-0.3, -0.25) is 14.7 Å². The van der Waals surface area contributed by atoms with Gasteiger partial charge in [-0.25, -0.2) is 4.68 Å². The van der Waals surface area contributed by atoms with E-state index in [1.165, 1.54) is 7.05 Å². The fourth-order valence-electron chi connectivity index (χ4n) is 1.07. The summed E-state index contributed by atoms with van der Waals surface area (Å²) in [4.78, 5) is 22.2. The Balaban J connectivity index is 2.91. The monoisotopic (exact) mass is 194 g/mol. The third-order valence-electron chi connectivity index (χ3n) is 1.76. The van der Waals surface area contributed by atoms with Crippen molar-refractivity contribution in [2.24, 2.45) is 12.8 Å². The lowest BCUT2D eigenvalue weighted by molar-refractivity contribution is 0.0997. The van der Waals surface area contributed by atoms with Crippen LogP contribution in [0.15, 0.2) is 4.79 Å². The molecule has 2 heterocycles. The summed E-state index contributed by atoms with van der Waals surface area (Å²) in [6.07, 6.45) is 0. The van der Waals surface area contributed by atoms with E-state index in [2.05, 4.69) is 20.5 Å². The van der Waals surface area contributed by atoms with E-state index < -0.39 is 11.5 Å². The molecule has 0 unspecified atom stereocenters. The average Bonchev–Trinajstić information content (AvgIpc) is 2.55. The summed E-state index contributed by atoms with van der Waals surface area (Å²) in [7, 11) is 1.44. The van der Waals surface area contributed by atoms with E-state index in [4.69, 9.17) is 5.73 Å². The molecule has 0 atom stereocenters. The second-order valence-corrected chi connectivity index (χ2v) is 2.68. The normalized spacial score (nSPS) is 10.6. The minimum atomic E-state index is -0.751. The second-order valence-electron chi connectivity index (χ2n) is 2.68. The Bertz CT molecular complexity index is 567. The fourth-order valence-corrected chi connectivity index (χ4v) is 1.07. The molecule has 0 fully saturated rings. The molecular formula is C6H6N6O2. The number of hydrogen-bond acceptors (Lipinski definition) is 5. The molecule has 72 valence electrons. The lowest BCUT2D eigenvalue weighted by Gasteiger charge is -1.92. The van der Waals surface area contributed by atoms with Crippen LogP contribution in [-0.4, -0.2) is 31.1 Å². The quantitative estimate of drug-likeness (QED) is 0.552. The van der Waals surface area contributed by atoms with E-state index in [0.717, 1.165) is 4.68 Å². The highest BCUT2D eigenvalue weighted by atomic mass is 16.1. The summed E-state index contributed by atoms with van der Waals surface area (Å²) >= 11 is 0. The predicted octanol–water partition coefficient (Wildman–Crippen LogP) is -1.85. The summed E-state index contributed by atoms with van der Waals surface area (Å²) in [5.74, 6) is -0.751. The molecule has 0 aromatic carbocycles. The standard InChI is InChI=1S/C6H6N6O2/c1-12-6(14)4-2(10-11-12)3(5(7)13)8-9-4/h1H3,(H2,7,13)(H,8,9). The molecule has 0 spiro atoms. The first kappa shape index (κ1) is 8.35. The van der Waals surface area contributed by atoms with Crippen LogP contribution in [0.5, 0.6) is 0 Å². The number of nitrogens with two attached hydrogens (primary N) is 1. The molecule has 0 saturated carbocycles. The molecular weight excluding hydrogens is 188 g/mol. The van der Waals surface area contributed by atoms with Crippen LogP contribution in [0.3, 0.4) is 0 Å². The summed E-state index contributed by atoms with van der Waals surface area (Å²) in [6, 6.07) is 0. The lowest BCUT2D eigenvalue weighted by Crippen LogP contribution is -2.21. The van der Waals surface area contributed by atoms with Crippen molar-refractivity contribution < 1.29 is 4.79 Å². The molecule has 2 rings (SSSR count). The molecule has 14 heavy (non-hydrogen) atoms. The van der Waals surface area contributed by atoms with Gasteiger partial charge in [0.2, 0.25) is 0 Å². The van der Waals surface area contributed by atoms with Crippen LogP contribution in [0.2, 0.25) is 0 Å². The zero-order chi connectivity index (χ0) is 10.3. The Hall–Kier alpha value is -2.25. The SMILES string of the molecule is Cn1nnc2c(C(N)=O)n[nH]c2c1=O. The predicted molar refractivity (Wildman–Crippen MR) is 45.4 cm³/mol. The van der Waals surface area contributed by atoms with E-state index in [1.54, 1.807) is 0 Å². The van der Waals surface area contributed by atoms with Gasteiger partial charge in [0.1, 0.15) is 0 Å². The van der Waals surface area contributed by atoms with Gasteiger partial charge in [0.25, 0.3) is 11.5 Å². The Labute approximate surface area is 76.7 Å². The highest BCUT2D eigenvalue weighted by Gasteiger charge is 2.15. The average molecular weight is 194 g/mol. The first-order chi connectivity index (χ1) is 6.61.